The van der Waals surface area contributed by atoms with Gasteiger partial charge in [-0.3, -0.25) is 9.48 Å². The van der Waals surface area contributed by atoms with Gasteiger partial charge in [0.1, 0.15) is 17.2 Å². The van der Waals surface area contributed by atoms with E-state index < -0.39 is 5.82 Å². The second-order valence-corrected chi connectivity index (χ2v) is 8.03. The second kappa shape index (κ2) is 6.80. The fourth-order valence-electron chi connectivity index (χ4n) is 4.03. The molecule has 6 nitrogen and oxygen atoms in total. The smallest absolute Gasteiger partial charge is 0.261 e. The number of aryl methyl sites for hydroxylation is 1. The number of anilines is 2. The van der Waals surface area contributed by atoms with Crippen LogP contribution >= 0.6 is 11.6 Å². The zero-order valence-corrected chi connectivity index (χ0v) is 15.9. The van der Waals surface area contributed by atoms with E-state index in [9.17, 15) is 9.18 Å². The van der Waals surface area contributed by atoms with Gasteiger partial charge in [-0.1, -0.05) is 11.6 Å². The molecule has 2 aromatic rings. The summed E-state index contributed by atoms with van der Waals surface area (Å²) in [5, 5.41) is 7.24. The summed E-state index contributed by atoms with van der Waals surface area (Å²) in [5.41, 5.74) is 8.00. The molecule has 2 fully saturated rings. The summed E-state index contributed by atoms with van der Waals surface area (Å²) in [6.45, 7) is 1.67. The molecule has 0 bridgehead atoms. The van der Waals surface area contributed by atoms with Gasteiger partial charge in [0.15, 0.2) is 0 Å². The molecule has 2 aliphatic rings. The lowest BCUT2D eigenvalue weighted by molar-refractivity contribution is -0.132. The molecule has 0 unspecified atom stereocenters. The van der Waals surface area contributed by atoms with Crippen LogP contribution in [0.1, 0.15) is 47.7 Å². The zero-order valence-electron chi connectivity index (χ0n) is 15.1. The van der Waals surface area contributed by atoms with Gasteiger partial charge >= 0.3 is 0 Å². The minimum absolute atomic E-state index is 0.0486. The molecule has 1 aromatic carbocycles. The molecule has 1 saturated carbocycles. The van der Waals surface area contributed by atoms with Crippen LogP contribution in [-0.4, -0.2) is 28.9 Å². The van der Waals surface area contributed by atoms with E-state index in [2.05, 4.69) is 10.4 Å². The first-order valence-corrected chi connectivity index (χ1v) is 9.43. The summed E-state index contributed by atoms with van der Waals surface area (Å²) in [5.74, 6) is -0.377. The Morgan fingerprint density at radius 2 is 2.11 bits per heavy atom. The number of aromatic nitrogens is 2. The van der Waals surface area contributed by atoms with Crippen molar-refractivity contribution in [3.8, 4) is 0 Å². The minimum atomic E-state index is -0.535. The lowest BCUT2D eigenvalue weighted by atomic mass is 9.68. The third-order valence-corrected chi connectivity index (χ3v) is 6.06. The number of carbonyl (C=O) groups is 1. The number of nitrogens with zero attached hydrogens (tertiary/aromatic N) is 2. The van der Waals surface area contributed by atoms with Crippen LogP contribution < -0.4 is 11.1 Å². The topological polar surface area (TPSA) is 82.2 Å². The lowest BCUT2D eigenvalue weighted by Gasteiger charge is -2.46. The lowest BCUT2D eigenvalue weighted by Crippen LogP contribution is -2.44. The van der Waals surface area contributed by atoms with Crippen molar-refractivity contribution in [1.82, 2.24) is 9.78 Å². The fraction of sp³-hybridized carbons (Fsp3) is 0.474. The Labute approximate surface area is 161 Å². The van der Waals surface area contributed by atoms with Gasteiger partial charge in [-0.2, -0.15) is 5.10 Å². The van der Waals surface area contributed by atoms with Crippen LogP contribution in [0.2, 0.25) is 5.02 Å². The molecule has 3 N–H and O–H groups in total. The summed E-state index contributed by atoms with van der Waals surface area (Å²) in [4.78, 5) is 12.9. The number of nitrogens with two attached hydrogens (primary N) is 1. The summed E-state index contributed by atoms with van der Waals surface area (Å²) < 4.78 is 20.3. The van der Waals surface area contributed by atoms with Crippen LogP contribution in [0.5, 0.6) is 0 Å². The molecular formula is C19H22ClFN4O2. The van der Waals surface area contributed by atoms with Gasteiger partial charge in [0.25, 0.3) is 5.91 Å². The first kappa shape index (κ1) is 18.3. The molecule has 2 heterocycles. The molecule has 8 heteroatoms. The molecule has 1 spiro atoms. The van der Waals surface area contributed by atoms with E-state index in [0.29, 0.717) is 22.5 Å². The average Bonchev–Trinajstić information content (AvgIpc) is 2.92. The SMILES string of the molecule is Cn1nc(C2CCC3(CC2)COC3)c(C(=O)Nc2ccc(F)c(Cl)c2)c1N. The van der Waals surface area contributed by atoms with Crippen molar-refractivity contribution in [3.63, 3.8) is 0 Å². The van der Waals surface area contributed by atoms with Gasteiger partial charge in [-0.25, -0.2) is 4.39 Å². The highest BCUT2D eigenvalue weighted by atomic mass is 35.5. The van der Waals surface area contributed by atoms with Crippen LogP contribution in [0.3, 0.4) is 0 Å². The number of nitrogens with one attached hydrogen (secondary N) is 1. The summed E-state index contributed by atoms with van der Waals surface area (Å²) in [6, 6.07) is 4.06. The Hall–Kier alpha value is -2.12. The Balaban J connectivity index is 1.56. The predicted octanol–water partition coefficient (Wildman–Crippen LogP) is 3.72. The molecule has 4 rings (SSSR count). The van der Waals surface area contributed by atoms with Crippen LogP contribution in [0.25, 0.3) is 0 Å². The average molecular weight is 393 g/mol. The predicted molar refractivity (Wildman–Crippen MR) is 101 cm³/mol. The number of ether oxygens (including phenoxy) is 1. The number of amides is 1. The number of rotatable bonds is 3. The van der Waals surface area contributed by atoms with E-state index in [0.717, 1.165) is 44.6 Å². The standard InChI is InChI=1S/C19H22ClFN4O2/c1-25-17(22)15(18(26)23-12-2-3-14(21)13(20)8-12)16(24-25)11-4-6-19(7-5-11)9-27-10-19/h2-3,8,11H,4-7,9-10,22H2,1H3,(H,23,26). The van der Waals surface area contributed by atoms with E-state index >= 15 is 0 Å². The van der Waals surface area contributed by atoms with Gasteiger partial charge in [-0.15, -0.1) is 0 Å². The molecule has 1 amide bonds. The number of halogens is 2. The van der Waals surface area contributed by atoms with Crippen molar-refractivity contribution in [3.05, 3.63) is 40.3 Å². The van der Waals surface area contributed by atoms with E-state index in [1.54, 1.807) is 11.7 Å². The molecular weight excluding hydrogens is 371 g/mol. The van der Waals surface area contributed by atoms with Gasteiger partial charge < -0.3 is 15.8 Å². The number of benzene rings is 1. The first-order chi connectivity index (χ1) is 12.9. The zero-order chi connectivity index (χ0) is 19.2. The van der Waals surface area contributed by atoms with Crippen LogP contribution in [0.15, 0.2) is 18.2 Å². The third kappa shape index (κ3) is 3.30. The molecule has 1 aliphatic heterocycles. The normalized spacial score (nSPS) is 19.1. The Kier molecular flexibility index (Phi) is 4.60. The molecule has 0 atom stereocenters. The Morgan fingerprint density at radius 1 is 1.41 bits per heavy atom. The highest BCUT2D eigenvalue weighted by Crippen LogP contribution is 2.47. The first-order valence-electron chi connectivity index (χ1n) is 9.05. The summed E-state index contributed by atoms with van der Waals surface area (Å²) >= 11 is 5.80. The number of carbonyl (C=O) groups excluding carboxylic acids is 1. The van der Waals surface area contributed by atoms with Crippen LogP contribution in [0, 0.1) is 11.2 Å². The Morgan fingerprint density at radius 3 is 2.70 bits per heavy atom. The molecule has 1 aromatic heterocycles. The van der Waals surface area contributed by atoms with E-state index in [1.807, 2.05) is 0 Å². The summed E-state index contributed by atoms with van der Waals surface area (Å²) in [7, 11) is 1.73. The third-order valence-electron chi connectivity index (χ3n) is 5.77. The second-order valence-electron chi connectivity index (χ2n) is 7.62. The van der Waals surface area contributed by atoms with Crippen LogP contribution in [-0.2, 0) is 11.8 Å². The van der Waals surface area contributed by atoms with E-state index in [-0.39, 0.29) is 16.8 Å². The van der Waals surface area contributed by atoms with Crippen molar-refractivity contribution in [2.75, 3.05) is 24.3 Å². The van der Waals surface area contributed by atoms with Crippen molar-refractivity contribution in [2.45, 2.75) is 31.6 Å². The number of hydrogen-bond donors (Lipinski definition) is 2. The quantitative estimate of drug-likeness (QED) is 0.833. The van der Waals surface area contributed by atoms with Gasteiger partial charge in [0, 0.05) is 24.1 Å². The molecule has 1 saturated heterocycles. The van der Waals surface area contributed by atoms with Crippen molar-refractivity contribution in [2.24, 2.45) is 12.5 Å². The maximum absolute atomic E-state index is 13.3. The molecule has 144 valence electrons. The molecule has 1 aliphatic carbocycles. The number of hydrogen-bond acceptors (Lipinski definition) is 4. The van der Waals surface area contributed by atoms with Crippen molar-refractivity contribution < 1.29 is 13.9 Å². The minimum Gasteiger partial charge on any atom is -0.383 e. The molecule has 0 radical (unpaired) electrons. The van der Waals surface area contributed by atoms with Crippen molar-refractivity contribution in [1.29, 1.82) is 0 Å². The Bertz CT molecular complexity index is 884. The van der Waals surface area contributed by atoms with Gasteiger partial charge in [0.05, 0.1) is 23.9 Å². The summed E-state index contributed by atoms with van der Waals surface area (Å²) in [6.07, 6.45) is 4.07. The van der Waals surface area contributed by atoms with Gasteiger partial charge in [-0.05, 0) is 43.9 Å². The van der Waals surface area contributed by atoms with Gasteiger partial charge in [0.2, 0.25) is 0 Å². The largest absolute Gasteiger partial charge is 0.383 e. The molecule has 27 heavy (non-hydrogen) atoms. The monoisotopic (exact) mass is 392 g/mol. The number of nitrogen functional groups attached to an aromatic ring is 1. The van der Waals surface area contributed by atoms with E-state index in [4.69, 9.17) is 22.1 Å². The van der Waals surface area contributed by atoms with Crippen LogP contribution in [0.4, 0.5) is 15.9 Å². The fourth-order valence-corrected chi connectivity index (χ4v) is 4.21. The van der Waals surface area contributed by atoms with Crippen molar-refractivity contribution >= 4 is 29.0 Å². The maximum Gasteiger partial charge on any atom is 0.261 e. The highest BCUT2D eigenvalue weighted by Gasteiger charge is 2.43. The highest BCUT2D eigenvalue weighted by molar-refractivity contribution is 6.31. The van der Waals surface area contributed by atoms with E-state index in [1.165, 1.54) is 18.2 Å². The maximum atomic E-state index is 13.3.